The first kappa shape index (κ1) is 30.5. The van der Waals surface area contributed by atoms with Gasteiger partial charge in [-0.2, -0.15) is 31.4 Å². The van der Waals surface area contributed by atoms with Gasteiger partial charge < -0.3 is 29.7 Å². The highest BCUT2D eigenvalue weighted by atomic mass is 19.4. The molecule has 4 rings (SSSR count). The molecule has 0 unspecified atom stereocenters. The van der Waals surface area contributed by atoms with Crippen LogP contribution in [0.25, 0.3) is 0 Å². The topological polar surface area (TPSA) is 133 Å². The lowest BCUT2D eigenvalue weighted by molar-refractivity contribution is -0.138. The van der Waals surface area contributed by atoms with Crippen molar-refractivity contribution in [2.45, 2.75) is 50.4 Å². The zero-order chi connectivity index (χ0) is 29.9. The zero-order valence-electron chi connectivity index (χ0n) is 21.8. The molecule has 2 aromatic heterocycles. The maximum atomic E-state index is 13.2. The number of hydrogen-bond donors (Lipinski definition) is 3. The number of carbonyl (C=O) groups excluding carboxylic acids is 1. The molecule has 0 radical (unpaired) electrons. The second kappa shape index (κ2) is 12.2. The number of alkyl halides is 6. The minimum Gasteiger partial charge on any atom is -0.394 e. The molecule has 1 amide bonds. The van der Waals surface area contributed by atoms with Gasteiger partial charge >= 0.3 is 12.4 Å². The van der Waals surface area contributed by atoms with Crippen LogP contribution in [0.4, 0.5) is 37.8 Å². The second-order valence-electron chi connectivity index (χ2n) is 9.76. The fourth-order valence-corrected chi connectivity index (χ4v) is 4.80. The van der Waals surface area contributed by atoms with E-state index in [1.54, 1.807) is 10.00 Å². The lowest BCUT2D eigenvalue weighted by Crippen LogP contribution is -2.62. The Bertz CT molecular complexity index is 1290. The number of rotatable bonds is 8. The van der Waals surface area contributed by atoms with E-state index in [4.69, 9.17) is 9.47 Å². The molecular formula is C24H28F6N6O5. The van der Waals surface area contributed by atoms with E-state index in [2.05, 4.69) is 15.4 Å². The summed E-state index contributed by atoms with van der Waals surface area (Å²) in [5, 5.41) is 17.7. The van der Waals surface area contributed by atoms with E-state index in [0.717, 1.165) is 18.5 Å². The molecule has 3 N–H and O–H groups in total. The number of nitrogens with zero attached hydrogens (tertiary/aromatic N) is 4. The number of ether oxygens (including phenoxy) is 2. The first-order chi connectivity index (χ1) is 19.3. The molecule has 3 atom stereocenters. The molecule has 0 aliphatic carbocycles. The molecule has 2 aromatic rings. The predicted octanol–water partition coefficient (Wildman–Crippen LogP) is 2.02. The standard InChI is InChI=1S/C24H28F6N6O5/c1-13(33-18-6-32-34-22(39)20(18)24(28,29)30)10-40-3-2-19(38)35-8-17-12-41-11-14-4-15(23(25,26)27)5-31-21(14)36(17)7-16(35)9-37/h4-6,13,16-17,37H,2-3,7-12H2,1H3,(H2,33,34,39)/t13-,16-,17+/m0/s1. The number of amides is 1. The molecule has 0 bridgehead atoms. The van der Waals surface area contributed by atoms with Gasteiger partial charge in [0, 0.05) is 30.9 Å². The van der Waals surface area contributed by atoms with Crippen molar-refractivity contribution < 1.29 is 45.7 Å². The van der Waals surface area contributed by atoms with Crippen LogP contribution in [0.2, 0.25) is 0 Å². The third kappa shape index (κ3) is 7.08. The number of aliphatic hydroxyl groups is 1. The van der Waals surface area contributed by atoms with Crippen LogP contribution >= 0.6 is 0 Å². The number of aliphatic hydroxyl groups excluding tert-OH is 1. The number of H-pyrrole nitrogens is 1. The summed E-state index contributed by atoms with van der Waals surface area (Å²) in [6, 6.07) is -0.765. The molecule has 1 fully saturated rings. The third-order valence-corrected chi connectivity index (χ3v) is 6.71. The van der Waals surface area contributed by atoms with Crippen LogP contribution in [0.15, 0.2) is 23.3 Å². The van der Waals surface area contributed by atoms with E-state index in [0.29, 0.717) is 5.82 Å². The first-order valence-corrected chi connectivity index (χ1v) is 12.6. The van der Waals surface area contributed by atoms with Crippen LogP contribution in [0, 0.1) is 0 Å². The highest BCUT2D eigenvalue weighted by molar-refractivity contribution is 5.77. The van der Waals surface area contributed by atoms with Crippen molar-refractivity contribution in [1.29, 1.82) is 0 Å². The van der Waals surface area contributed by atoms with Gasteiger partial charge in [-0.05, 0) is 13.0 Å². The number of aromatic nitrogens is 3. The van der Waals surface area contributed by atoms with Gasteiger partial charge in [0.2, 0.25) is 5.91 Å². The fraction of sp³-hybridized carbons (Fsp3) is 0.583. The summed E-state index contributed by atoms with van der Waals surface area (Å²) in [6.45, 7) is 1.24. The highest BCUT2D eigenvalue weighted by Gasteiger charge is 2.40. The number of anilines is 2. The number of fused-ring (bicyclic) bond motifs is 3. The van der Waals surface area contributed by atoms with Crippen LogP contribution in [-0.2, 0) is 33.2 Å². The average Bonchev–Trinajstić information content (AvgIpc) is 3.07. The van der Waals surface area contributed by atoms with Gasteiger partial charge in [0.15, 0.2) is 0 Å². The van der Waals surface area contributed by atoms with Gasteiger partial charge in [0.1, 0.15) is 11.4 Å². The number of pyridine rings is 1. The molecular weight excluding hydrogens is 566 g/mol. The van der Waals surface area contributed by atoms with Gasteiger partial charge in [0.05, 0.1) is 69.0 Å². The Morgan fingerprint density at radius 3 is 2.68 bits per heavy atom. The summed E-state index contributed by atoms with van der Waals surface area (Å²) in [7, 11) is 0. The van der Waals surface area contributed by atoms with Crippen LogP contribution in [0.5, 0.6) is 0 Å². The number of nitrogens with one attached hydrogen (secondary N) is 2. The van der Waals surface area contributed by atoms with E-state index >= 15 is 0 Å². The van der Waals surface area contributed by atoms with Crippen LogP contribution < -0.4 is 15.8 Å². The molecule has 2 aliphatic rings. The van der Waals surface area contributed by atoms with Gasteiger partial charge in [-0.25, -0.2) is 10.1 Å². The first-order valence-electron chi connectivity index (χ1n) is 12.6. The maximum absolute atomic E-state index is 13.2. The second-order valence-corrected chi connectivity index (χ2v) is 9.76. The normalized spacial score (nSPS) is 20.2. The monoisotopic (exact) mass is 594 g/mol. The zero-order valence-corrected chi connectivity index (χ0v) is 21.8. The van der Waals surface area contributed by atoms with E-state index in [9.17, 15) is 41.0 Å². The SMILES string of the molecule is C[C@@H](COCCC(=O)N1C[C@@H]2COCc3cc(C(F)(F)F)cnc3N2C[C@H]1CO)Nc1cn[nH]c(=O)c1C(F)(F)F. The largest absolute Gasteiger partial charge is 0.423 e. The number of aromatic amines is 1. The number of halogens is 6. The summed E-state index contributed by atoms with van der Waals surface area (Å²) in [5.74, 6) is -0.0486. The summed E-state index contributed by atoms with van der Waals surface area (Å²) in [6.07, 6.45) is -7.96. The van der Waals surface area contributed by atoms with Crippen LogP contribution in [-0.4, -0.2) is 88.7 Å². The summed E-state index contributed by atoms with van der Waals surface area (Å²) in [4.78, 5) is 31.8. The summed E-state index contributed by atoms with van der Waals surface area (Å²) in [5.41, 5.74) is -3.94. The maximum Gasteiger partial charge on any atom is 0.423 e. The van der Waals surface area contributed by atoms with Crippen molar-refractivity contribution in [1.82, 2.24) is 20.1 Å². The molecule has 0 saturated carbocycles. The molecule has 4 heterocycles. The minimum atomic E-state index is -4.90. The van der Waals surface area contributed by atoms with Crippen molar-refractivity contribution in [3.63, 3.8) is 0 Å². The Balaban J connectivity index is 1.33. The summed E-state index contributed by atoms with van der Waals surface area (Å²) >= 11 is 0. The third-order valence-electron chi connectivity index (χ3n) is 6.71. The van der Waals surface area contributed by atoms with E-state index in [1.165, 1.54) is 11.8 Å². The van der Waals surface area contributed by atoms with Gasteiger partial charge in [-0.15, -0.1) is 0 Å². The molecule has 1 saturated heterocycles. The quantitative estimate of drug-likeness (QED) is 0.310. The van der Waals surface area contributed by atoms with Gasteiger partial charge in [-0.3, -0.25) is 9.59 Å². The van der Waals surface area contributed by atoms with Crippen molar-refractivity contribution in [2.75, 3.05) is 49.7 Å². The predicted molar refractivity (Wildman–Crippen MR) is 131 cm³/mol. The number of piperazine rings is 1. The molecule has 41 heavy (non-hydrogen) atoms. The summed E-state index contributed by atoms with van der Waals surface area (Å²) < 4.78 is 90.2. The number of hydrogen-bond acceptors (Lipinski definition) is 9. The van der Waals surface area contributed by atoms with E-state index in [-0.39, 0.29) is 57.4 Å². The van der Waals surface area contributed by atoms with Crippen molar-refractivity contribution in [2.24, 2.45) is 0 Å². The lowest BCUT2D eigenvalue weighted by Gasteiger charge is -2.45. The van der Waals surface area contributed by atoms with Crippen molar-refractivity contribution >= 4 is 17.4 Å². The molecule has 0 aromatic carbocycles. The number of carbonyl (C=O) groups is 1. The molecule has 2 aliphatic heterocycles. The molecule has 17 heteroatoms. The van der Waals surface area contributed by atoms with Crippen LogP contribution in [0.1, 0.15) is 30.0 Å². The van der Waals surface area contributed by atoms with Gasteiger partial charge in [-0.1, -0.05) is 0 Å². The Hall–Kier alpha value is -3.44. The van der Waals surface area contributed by atoms with E-state index in [1.807, 2.05) is 0 Å². The Kier molecular flexibility index (Phi) is 9.08. The smallest absolute Gasteiger partial charge is 0.394 e. The lowest BCUT2D eigenvalue weighted by atomic mass is 10.1. The molecule has 11 nitrogen and oxygen atoms in total. The van der Waals surface area contributed by atoms with Crippen molar-refractivity contribution in [3.05, 3.63) is 45.5 Å². The van der Waals surface area contributed by atoms with Crippen LogP contribution in [0.3, 0.4) is 0 Å². The Morgan fingerprint density at radius 2 is 2.00 bits per heavy atom. The fourth-order valence-electron chi connectivity index (χ4n) is 4.80. The Labute approximate surface area is 229 Å². The minimum absolute atomic E-state index is 0.0747. The van der Waals surface area contributed by atoms with E-state index < -0.39 is 59.5 Å². The molecule has 0 spiro atoms. The molecule has 226 valence electrons. The highest BCUT2D eigenvalue weighted by Crippen LogP contribution is 2.35. The van der Waals surface area contributed by atoms with Gasteiger partial charge in [0.25, 0.3) is 5.56 Å². The van der Waals surface area contributed by atoms with Crippen molar-refractivity contribution in [3.8, 4) is 0 Å². The Morgan fingerprint density at radius 1 is 1.24 bits per heavy atom. The average molecular weight is 595 g/mol.